The lowest BCUT2D eigenvalue weighted by Gasteiger charge is -2.25. The summed E-state index contributed by atoms with van der Waals surface area (Å²) in [5.41, 5.74) is 2.23. The molecule has 2 aromatic rings. The SMILES string of the molecule is CCCN(Cc1cc(NC(=O)C(C)C)ccc1N(C)C)S(=O)(=O)c1ccc(F)cc1. The average Bonchev–Trinajstić information content (AvgIpc) is 2.67. The molecule has 0 spiro atoms. The van der Waals surface area contributed by atoms with Crippen molar-refractivity contribution in [2.75, 3.05) is 30.9 Å². The summed E-state index contributed by atoms with van der Waals surface area (Å²) in [6, 6.07) is 10.3. The van der Waals surface area contributed by atoms with Gasteiger partial charge in [-0.1, -0.05) is 20.8 Å². The first-order chi connectivity index (χ1) is 14.1. The number of hydrogen-bond donors (Lipinski definition) is 1. The molecule has 30 heavy (non-hydrogen) atoms. The topological polar surface area (TPSA) is 69.7 Å². The summed E-state index contributed by atoms with van der Waals surface area (Å²) in [7, 11) is -0.0516. The highest BCUT2D eigenvalue weighted by molar-refractivity contribution is 7.89. The van der Waals surface area contributed by atoms with E-state index in [2.05, 4.69) is 5.32 Å². The Balaban J connectivity index is 2.43. The number of carbonyl (C=O) groups excluding carboxylic acids is 1. The molecule has 6 nitrogen and oxygen atoms in total. The quantitative estimate of drug-likeness (QED) is 0.644. The predicted molar refractivity (Wildman–Crippen MR) is 119 cm³/mol. The van der Waals surface area contributed by atoms with Gasteiger partial charge in [-0.2, -0.15) is 4.31 Å². The summed E-state index contributed by atoms with van der Waals surface area (Å²) in [5, 5.41) is 2.86. The van der Waals surface area contributed by atoms with E-state index in [-0.39, 0.29) is 23.3 Å². The van der Waals surface area contributed by atoms with Gasteiger partial charge in [-0.05, 0) is 54.4 Å². The Morgan fingerprint density at radius 1 is 1.10 bits per heavy atom. The molecular formula is C22H30FN3O3S. The lowest BCUT2D eigenvalue weighted by molar-refractivity contribution is -0.118. The zero-order chi connectivity index (χ0) is 22.5. The second kappa shape index (κ2) is 10.0. The zero-order valence-electron chi connectivity index (χ0n) is 18.1. The van der Waals surface area contributed by atoms with Crippen LogP contribution in [0.15, 0.2) is 47.4 Å². The fourth-order valence-electron chi connectivity index (χ4n) is 2.99. The Labute approximate surface area is 178 Å². The minimum atomic E-state index is -3.81. The molecule has 2 aromatic carbocycles. The lowest BCUT2D eigenvalue weighted by Crippen LogP contribution is -2.32. The van der Waals surface area contributed by atoms with Crippen LogP contribution >= 0.6 is 0 Å². The smallest absolute Gasteiger partial charge is 0.243 e. The van der Waals surface area contributed by atoms with Gasteiger partial charge in [0.1, 0.15) is 5.82 Å². The van der Waals surface area contributed by atoms with Gasteiger partial charge < -0.3 is 10.2 Å². The molecule has 0 fully saturated rings. The Kier molecular flexibility index (Phi) is 7.97. The van der Waals surface area contributed by atoms with Crippen LogP contribution in [0.2, 0.25) is 0 Å². The number of carbonyl (C=O) groups is 1. The summed E-state index contributed by atoms with van der Waals surface area (Å²) >= 11 is 0. The molecular weight excluding hydrogens is 405 g/mol. The van der Waals surface area contributed by atoms with E-state index in [0.29, 0.717) is 18.7 Å². The number of amides is 1. The van der Waals surface area contributed by atoms with E-state index in [1.165, 1.54) is 16.4 Å². The summed E-state index contributed by atoms with van der Waals surface area (Å²) in [6.07, 6.45) is 0.626. The minimum Gasteiger partial charge on any atom is -0.377 e. The number of sulfonamides is 1. The molecule has 2 rings (SSSR count). The third-order valence-corrected chi connectivity index (χ3v) is 6.48. The van der Waals surface area contributed by atoms with Crippen LogP contribution in [0.5, 0.6) is 0 Å². The standard InChI is InChI=1S/C22H30FN3O3S/c1-6-13-26(30(28,29)20-10-7-18(23)8-11-20)15-17-14-19(24-22(27)16(2)3)9-12-21(17)25(4)5/h7-12,14,16H,6,13,15H2,1-5H3,(H,24,27). The first kappa shape index (κ1) is 23.8. The molecule has 1 amide bonds. The predicted octanol–water partition coefficient (Wildman–Crippen LogP) is 4.09. The van der Waals surface area contributed by atoms with Crippen LogP contribution in [-0.2, 0) is 21.4 Å². The van der Waals surface area contributed by atoms with Gasteiger partial charge in [-0.3, -0.25) is 4.79 Å². The summed E-state index contributed by atoms with van der Waals surface area (Å²) in [4.78, 5) is 14.0. The van der Waals surface area contributed by atoms with Crippen molar-refractivity contribution in [2.24, 2.45) is 5.92 Å². The van der Waals surface area contributed by atoms with Crippen molar-refractivity contribution in [3.8, 4) is 0 Å². The molecule has 0 aliphatic rings. The zero-order valence-corrected chi connectivity index (χ0v) is 19.0. The molecule has 0 bridgehead atoms. The number of benzene rings is 2. The molecule has 1 N–H and O–H groups in total. The van der Waals surface area contributed by atoms with E-state index in [9.17, 15) is 17.6 Å². The number of nitrogens with zero attached hydrogens (tertiary/aromatic N) is 2. The Morgan fingerprint density at radius 2 is 1.73 bits per heavy atom. The molecule has 0 heterocycles. The third-order valence-electron chi connectivity index (χ3n) is 4.62. The van der Waals surface area contributed by atoms with Gasteiger partial charge >= 0.3 is 0 Å². The number of hydrogen-bond acceptors (Lipinski definition) is 4. The Bertz CT molecular complexity index is 974. The van der Waals surface area contributed by atoms with E-state index in [1.807, 2.05) is 45.8 Å². The van der Waals surface area contributed by atoms with Crippen molar-refractivity contribution in [2.45, 2.75) is 38.6 Å². The summed E-state index contributed by atoms with van der Waals surface area (Å²) in [6.45, 7) is 5.96. The van der Waals surface area contributed by atoms with Crippen LogP contribution in [0, 0.1) is 11.7 Å². The normalized spacial score (nSPS) is 11.7. The molecule has 0 saturated carbocycles. The molecule has 164 valence electrons. The van der Waals surface area contributed by atoms with Crippen LogP contribution in [0.1, 0.15) is 32.8 Å². The molecule has 0 unspecified atom stereocenters. The highest BCUT2D eigenvalue weighted by Gasteiger charge is 2.25. The number of nitrogens with one attached hydrogen (secondary N) is 1. The van der Waals surface area contributed by atoms with Gasteiger partial charge in [0.15, 0.2) is 0 Å². The second-order valence-electron chi connectivity index (χ2n) is 7.67. The number of rotatable bonds is 9. The summed E-state index contributed by atoms with van der Waals surface area (Å²) < 4.78 is 41.0. The van der Waals surface area contributed by atoms with E-state index in [1.54, 1.807) is 12.1 Å². The van der Waals surface area contributed by atoms with E-state index in [0.717, 1.165) is 23.4 Å². The van der Waals surface area contributed by atoms with Crippen molar-refractivity contribution in [3.05, 3.63) is 53.8 Å². The fraction of sp³-hybridized carbons (Fsp3) is 0.409. The monoisotopic (exact) mass is 435 g/mol. The molecule has 0 aliphatic carbocycles. The van der Waals surface area contributed by atoms with Gasteiger partial charge in [-0.25, -0.2) is 12.8 Å². The van der Waals surface area contributed by atoms with Crippen molar-refractivity contribution in [1.29, 1.82) is 0 Å². The Hall–Kier alpha value is -2.45. The summed E-state index contributed by atoms with van der Waals surface area (Å²) in [5.74, 6) is -0.764. The molecule has 0 aliphatic heterocycles. The number of halogens is 1. The third kappa shape index (κ3) is 5.79. The first-order valence-electron chi connectivity index (χ1n) is 9.93. The maximum atomic E-state index is 13.3. The molecule has 0 atom stereocenters. The van der Waals surface area contributed by atoms with Gasteiger partial charge in [0.25, 0.3) is 0 Å². The van der Waals surface area contributed by atoms with Crippen LogP contribution in [0.25, 0.3) is 0 Å². The van der Waals surface area contributed by atoms with Crippen LogP contribution in [0.4, 0.5) is 15.8 Å². The van der Waals surface area contributed by atoms with Crippen molar-refractivity contribution >= 4 is 27.3 Å². The highest BCUT2D eigenvalue weighted by atomic mass is 32.2. The maximum absolute atomic E-state index is 13.3. The Morgan fingerprint density at radius 3 is 2.27 bits per heavy atom. The average molecular weight is 436 g/mol. The van der Waals surface area contributed by atoms with Crippen LogP contribution < -0.4 is 10.2 Å². The lowest BCUT2D eigenvalue weighted by atomic mass is 10.1. The van der Waals surface area contributed by atoms with Gasteiger partial charge in [0, 0.05) is 44.5 Å². The van der Waals surface area contributed by atoms with Crippen molar-refractivity contribution in [1.82, 2.24) is 4.31 Å². The number of anilines is 2. The van der Waals surface area contributed by atoms with Crippen LogP contribution in [0.3, 0.4) is 0 Å². The van der Waals surface area contributed by atoms with E-state index >= 15 is 0 Å². The molecule has 0 saturated heterocycles. The maximum Gasteiger partial charge on any atom is 0.243 e. The first-order valence-corrected chi connectivity index (χ1v) is 11.4. The van der Waals surface area contributed by atoms with Crippen molar-refractivity contribution in [3.63, 3.8) is 0 Å². The highest BCUT2D eigenvalue weighted by Crippen LogP contribution is 2.27. The van der Waals surface area contributed by atoms with Crippen LogP contribution in [-0.4, -0.2) is 39.3 Å². The molecule has 0 radical (unpaired) electrons. The van der Waals surface area contributed by atoms with Crippen molar-refractivity contribution < 1.29 is 17.6 Å². The fourth-order valence-corrected chi connectivity index (χ4v) is 4.50. The minimum absolute atomic E-state index is 0.0491. The van der Waals surface area contributed by atoms with Gasteiger partial charge in [0.2, 0.25) is 15.9 Å². The van der Waals surface area contributed by atoms with E-state index < -0.39 is 15.8 Å². The van der Waals surface area contributed by atoms with E-state index in [4.69, 9.17) is 0 Å². The molecule has 8 heteroatoms. The van der Waals surface area contributed by atoms with Gasteiger partial charge in [0.05, 0.1) is 4.90 Å². The molecule has 0 aromatic heterocycles. The largest absolute Gasteiger partial charge is 0.377 e. The second-order valence-corrected chi connectivity index (χ2v) is 9.61. The van der Waals surface area contributed by atoms with Gasteiger partial charge in [-0.15, -0.1) is 0 Å².